The topological polar surface area (TPSA) is 267 Å². The molecule has 45 heteroatoms. The zero-order valence-corrected chi connectivity index (χ0v) is 48.9. The number of nitrogens with one attached hydrogen (secondary N) is 3. The number of aromatic nitrogens is 6. The van der Waals surface area contributed by atoms with E-state index in [1.54, 1.807) is 0 Å². The van der Waals surface area contributed by atoms with Crippen LogP contribution in [0.2, 0.25) is 0 Å². The Kier molecular flexibility index (Phi) is 26.4. The highest BCUT2D eigenvalue weighted by molar-refractivity contribution is 8.06. The van der Waals surface area contributed by atoms with Crippen LogP contribution in [0.5, 0.6) is 0 Å². The van der Waals surface area contributed by atoms with Crippen LogP contribution in [0.15, 0.2) is 56.2 Å². The average molecular weight is 1380 g/mol. The van der Waals surface area contributed by atoms with E-state index in [4.69, 9.17) is 0 Å². The Hall–Kier alpha value is -4.83. The standard InChI is InChI=1S/C33H51N6.3C2HF6NO4S2/c1-7-10-13-34-16-19-37(25-34)22-31-28(4)32(23-38-20-17-35(26-38)14-11-8-2)30(6)33(29(31)5)24-39-21-18-36(27-39)15-12-9-3;3*3-1(4,5)14(10,11)9-15(12,13)2(6,7)8/h16-21,25-27H,7-15,22-24H2,1-6H3;3*9H/q+3;;;. The summed E-state index contributed by atoms with van der Waals surface area (Å²) in [4.78, 5) is 0. The van der Waals surface area contributed by atoms with Crippen molar-refractivity contribution < 1.29 is 143 Å². The molecule has 0 radical (unpaired) electrons. The van der Waals surface area contributed by atoms with E-state index in [0.29, 0.717) is 0 Å². The Labute approximate surface area is 469 Å². The predicted molar refractivity (Wildman–Crippen MR) is 256 cm³/mol. The summed E-state index contributed by atoms with van der Waals surface area (Å²) in [5.74, 6) is 0. The Morgan fingerprint density at radius 3 is 0.655 bits per heavy atom. The quantitative estimate of drug-likeness (QED) is 0.0618. The van der Waals surface area contributed by atoms with Crippen molar-refractivity contribution in [2.45, 2.75) is 152 Å². The van der Waals surface area contributed by atoms with Crippen LogP contribution in [-0.2, 0) is 99.4 Å². The molecule has 0 atom stereocenters. The van der Waals surface area contributed by atoms with Crippen LogP contribution in [0.3, 0.4) is 0 Å². The van der Waals surface area contributed by atoms with Gasteiger partial charge in [-0.2, -0.15) is 79.0 Å². The van der Waals surface area contributed by atoms with E-state index in [9.17, 15) is 130 Å². The number of hydrogen-bond acceptors (Lipinski definition) is 12. The number of aryl methyl sites for hydroxylation is 3. The molecule has 3 heterocycles. The Morgan fingerprint density at radius 1 is 0.345 bits per heavy atom. The minimum atomic E-state index is -6.60. The molecule has 21 nitrogen and oxygen atoms in total. The molecule has 4 aromatic rings. The van der Waals surface area contributed by atoms with Crippen LogP contribution in [0, 0.1) is 20.8 Å². The second-order valence-electron chi connectivity index (χ2n) is 17.3. The van der Waals surface area contributed by atoms with E-state index in [2.05, 4.69) is 125 Å². The van der Waals surface area contributed by atoms with Gasteiger partial charge in [-0.25, -0.2) is 77.9 Å². The molecule has 0 spiro atoms. The van der Waals surface area contributed by atoms with Crippen LogP contribution in [0.4, 0.5) is 79.0 Å². The van der Waals surface area contributed by atoms with Gasteiger partial charge in [-0.3, -0.25) is 0 Å². The van der Waals surface area contributed by atoms with Crippen molar-refractivity contribution in [2.75, 3.05) is 0 Å². The van der Waals surface area contributed by atoms with Crippen LogP contribution < -0.4 is 26.1 Å². The summed E-state index contributed by atoms with van der Waals surface area (Å²) in [5, 5.41) is 0. The molecule has 0 unspecified atom stereocenters. The van der Waals surface area contributed by atoms with Gasteiger partial charge in [0.2, 0.25) is 19.0 Å². The first kappa shape index (κ1) is 77.2. The first-order valence-electron chi connectivity index (χ1n) is 23.0. The Bertz CT molecular complexity index is 3020. The summed E-state index contributed by atoms with van der Waals surface area (Å²) in [5.41, 5.74) is -28.2. The molecule has 0 aliphatic rings. The number of unbranched alkanes of at least 4 members (excludes halogenated alkanes) is 3. The van der Waals surface area contributed by atoms with Crippen LogP contribution in [0.25, 0.3) is 0 Å². The van der Waals surface area contributed by atoms with Gasteiger partial charge >= 0.3 is 93.2 Å². The van der Waals surface area contributed by atoms with Gasteiger partial charge in [0, 0.05) is 16.7 Å². The molecule has 0 aliphatic carbocycles. The molecule has 1 aromatic carbocycles. The van der Waals surface area contributed by atoms with Crippen LogP contribution >= 0.6 is 0 Å². The molecule has 4 rings (SSSR count). The van der Waals surface area contributed by atoms with Gasteiger partial charge in [-0.15, -0.1) is 0 Å². The first-order valence-corrected chi connectivity index (χ1v) is 31.9. The Morgan fingerprint density at radius 2 is 0.512 bits per heavy atom. The third kappa shape index (κ3) is 22.2. The monoisotopic (exact) mass is 1370 g/mol. The van der Waals surface area contributed by atoms with Gasteiger partial charge < -0.3 is 0 Å². The van der Waals surface area contributed by atoms with E-state index in [-0.39, 0.29) is 0 Å². The molecule has 3 N–H and O–H groups in total. The van der Waals surface area contributed by atoms with Crippen molar-refractivity contribution in [3.63, 3.8) is 0 Å². The highest BCUT2D eigenvalue weighted by Crippen LogP contribution is 2.31. The molecule has 0 fully saturated rings. The maximum atomic E-state index is 11.5. The number of halogens is 18. The molecule has 0 bridgehead atoms. The lowest BCUT2D eigenvalue weighted by atomic mass is 9.87. The number of rotatable bonds is 21. The molecular formula is C39H54F18N9O12S6+3. The SMILES string of the molecule is CCCCn1cc[n+](Cc2c(C)c(C[n+]3ccn(CCCC)c3)c(C)c(C[n+]3ccn(CCCC)c3)c2C)c1.O=S(=O)(NS(=O)(=O)C(F)(F)F)C(F)(F)F.O=S(=O)(NS(=O)(=O)C(F)(F)F)C(F)(F)F.O=S(=O)(NS(=O)(=O)C(F)(F)F)C(F)(F)F. The van der Waals surface area contributed by atoms with Gasteiger partial charge in [0.25, 0.3) is 0 Å². The highest BCUT2D eigenvalue weighted by Gasteiger charge is 2.57. The van der Waals surface area contributed by atoms with Gasteiger partial charge in [0.15, 0.2) is 0 Å². The van der Waals surface area contributed by atoms with Crippen molar-refractivity contribution in [3.8, 4) is 0 Å². The number of imidazole rings is 3. The fourth-order valence-electron chi connectivity index (χ4n) is 6.38. The number of nitrogens with zero attached hydrogens (tertiary/aromatic N) is 6. The second-order valence-corrected chi connectivity index (χ2v) is 28.1. The molecule has 486 valence electrons. The summed E-state index contributed by atoms with van der Waals surface area (Å²) in [6, 6.07) is 0. The predicted octanol–water partition coefficient (Wildman–Crippen LogP) is 6.25. The third-order valence-electron chi connectivity index (χ3n) is 10.8. The van der Waals surface area contributed by atoms with Crippen molar-refractivity contribution in [1.82, 2.24) is 26.1 Å². The molecule has 0 saturated carbocycles. The lowest BCUT2D eigenvalue weighted by Crippen LogP contribution is -2.45. The molecule has 84 heavy (non-hydrogen) atoms. The van der Waals surface area contributed by atoms with Gasteiger partial charge in [0.05, 0.1) is 19.6 Å². The lowest BCUT2D eigenvalue weighted by Gasteiger charge is -2.20. The summed E-state index contributed by atoms with van der Waals surface area (Å²) >= 11 is 0. The summed E-state index contributed by atoms with van der Waals surface area (Å²) in [6.07, 6.45) is 27.5. The van der Waals surface area contributed by atoms with Crippen molar-refractivity contribution in [1.29, 1.82) is 0 Å². The first-order chi connectivity index (χ1) is 37.5. The third-order valence-corrected chi connectivity index (χ3v) is 19.7. The van der Waals surface area contributed by atoms with Gasteiger partial charge in [-0.1, -0.05) is 52.4 Å². The van der Waals surface area contributed by atoms with E-state index in [1.165, 1.54) is 71.9 Å². The minimum Gasteiger partial charge on any atom is -0.237 e. The van der Waals surface area contributed by atoms with Crippen LogP contribution in [0.1, 0.15) is 92.7 Å². The average Bonchev–Trinajstić information content (AvgIpc) is 2.18. The van der Waals surface area contributed by atoms with Gasteiger partial charge in [0.1, 0.15) is 56.8 Å². The van der Waals surface area contributed by atoms with E-state index in [0.717, 1.165) is 39.3 Å². The molecule has 0 amide bonds. The summed E-state index contributed by atoms with van der Waals surface area (Å²) < 4.78 is 339. The van der Waals surface area contributed by atoms with Crippen LogP contribution in [-0.4, -0.2) is 97.3 Å². The number of alkyl halides is 18. The maximum absolute atomic E-state index is 11.5. The van der Waals surface area contributed by atoms with Crippen molar-refractivity contribution in [3.05, 3.63) is 89.5 Å². The lowest BCUT2D eigenvalue weighted by molar-refractivity contribution is -0.690. The normalized spacial score (nSPS) is 13.6. The van der Waals surface area contributed by atoms with Crippen molar-refractivity contribution >= 4 is 60.1 Å². The molecule has 0 aliphatic heterocycles. The van der Waals surface area contributed by atoms with Crippen molar-refractivity contribution in [2.24, 2.45) is 0 Å². The Balaban J connectivity index is 0.000000648. The minimum absolute atomic E-state index is 0.493. The number of sulfonamides is 6. The molecule has 3 aromatic heterocycles. The van der Waals surface area contributed by atoms with E-state index in [1.807, 2.05) is 0 Å². The van der Waals surface area contributed by atoms with E-state index >= 15 is 0 Å². The smallest absolute Gasteiger partial charge is 0.237 e. The second kappa shape index (κ2) is 28.8. The summed E-state index contributed by atoms with van der Waals surface area (Å²) in [6.45, 7) is 19.8. The molecular weight excluding hydrogens is 1320 g/mol. The zero-order valence-electron chi connectivity index (χ0n) is 44.0. The number of hydrogen-bond donors (Lipinski definition) is 3. The number of benzene rings is 1. The van der Waals surface area contributed by atoms with Gasteiger partial charge in [-0.05, 0) is 56.7 Å². The zero-order chi connectivity index (χ0) is 65.9. The fraction of sp³-hybridized carbons (Fsp3) is 0.615. The largest absolute Gasteiger partial charge is 0.512 e. The highest BCUT2D eigenvalue weighted by atomic mass is 32.3. The fourth-order valence-corrected chi connectivity index (χ4v) is 12.1. The maximum Gasteiger partial charge on any atom is 0.512 e. The van der Waals surface area contributed by atoms with E-state index < -0.39 is 106 Å². The molecule has 0 saturated heterocycles. The summed E-state index contributed by atoms with van der Waals surface area (Å²) in [7, 11) is -39.6.